The van der Waals surface area contributed by atoms with Gasteiger partial charge in [0, 0.05) is 15.6 Å². The molecule has 0 radical (unpaired) electrons. The average Bonchev–Trinajstić information content (AvgIpc) is 2.79. The highest BCUT2D eigenvalue weighted by molar-refractivity contribution is 7.15. The van der Waals surface area contributed by atoms with Crippen LogP contribution in [0.4, 0.5) is 15.6 Å². The highest BCUT2D eigenvalue weighted by Crippen LogP contribution is 2.32. The fraction of sp³-hybridized carbons (Fsp3) is 0.333. The first-order chi connectivity index (χ1) is 10.1. The number of thiazole rings is 1. The largest absolute Gasteiger partial charge is 0.325 e. The van der Waals surface area contributed by atoms with E-state index in [1.165, 1.54) is 11.3 Å². The van der Waals surface area contributed by atoms with Crippen LogP contribution in [0.15, 0.2) is 24.3 Å². The fourth-order valence-electron chi connectivity index (χ4n) is 2.42. The van der Waals surface area contributed by atoms with Gasteiger partial charge in [0.05, 0.1) is 5.69 Å². The Balaban J connectivity index is 1.65. The molecule has 2 amide bonds. The van der Waals surface area contributed by atoms with Crippen LogP contribution >= 0.6 is 22.9 Å². The molecule has 4 nitrogen and oxygen atoms in total. The van der Waals surface area contributed by atoms with Gasteiger partial charge < -0.3 is 5.32 Å². The van der Waals surface area contributed by atoms with E-state index < -0.39 is 0 Å². The predicted octanol–water partition coefficient (Wildman–Crippen LogP) is 4.57. The van der Waals surface area contributed by atoms with Gasteiger partial charge >= 0.3 is 6.03 Å². The van der Waals surface area contributed by atoms with Gasteiger partial charge in [-0.15, -0.1) is 11.3 Å². The number of anilines is 2. The summed E-state index contributed by atoms with van der Waals surface area (Å²) in [5, 5.41) is 6.80. The molecular weight excluding hydrogens is 306 g/mol. The predicted molar refractivity (Wildman–Crippen MR) is 87.4 cm³/mol. The van der Waals surface area contributed by atoms with Gasteiger partial charge in [0.1, 0.15) is 0 Å². The third kappa shape index (κ3) is 3.54. The quantitative estimate of drug-likeness (QED) is 0.851. The van der Waals surface area contributed by atoms with Crippen molar-refractivity contribution in [3.05, 3.63) is 39.9 Å². The van der Waals surface area contributed by atoms with Crippen molar-refractivity contribution in [2.75, 3.05) is 10.6 Å². The summed E-state index contributed by atoms with van der Waals surface area (Å²) < 4.78 is 0. The zero-order valence-corrected chi connectivity index (χ0v) is 13.2. The molecular formula is C15H16ClN3OS. The summed E-state index contributed by atoms with van der Waals surface area (Å²) >= 11 is 7.46. The maximum absolute atomic E-state index is 12.0. The number of halogens is 1. The van der Waals surface area contributed by atoms with E-state index in [1.54, 1.807) is 35.6 Å². The summed E-state index contributed by atoms with van der Waals surface area (Å²) in [6.07, 6.45) is 3.24. The summed E-state index contributed by atoms with van der Waals surface area (Å²) in [4.78, 5) is 17.8. The average molecular weight is 322 g/mol. The molecule has 3 rings (SSSR count). The first-order valence-corrected chi connectivity index (χ1v) is 8.12. The molecule has 0 spiro atoms. The second kappa shape index (κ2) is 6.03. The van der Waals surface area contributed by atoms with Crippen LogP contribution < -0.4 is 10.6 Å². The molecule has 1 heterocycles. The highest BCUT2D eigenvalue weighted by atomic mass is 35.5. The SMILES string of the molecule is CC1CCc2nc(NC(=O)Nc3cccc(Cl)c3)sc2C1. The van der Waals surface area contributed by atoms with Crippen LogP contribution in [0.3, 0.4) is 0 Å². The number of fused-ring (bicyclic) bond motifs is 1. The van der Waals surface area contributed by atoms with Crippen LogP contribution in [0.5, 0.6) is 0 Å². The van der Waals surface area contributed by atoms with Gasteiger partial charge in [-0.05, 0) is 43.4 Å². The van der Waals surface area contributed by atoms with Crippen LogP contribution in [0, 0.1) is 5.92 Å². The molecule has 1 atom stereocenters. The minimum absolute atomic E-state index is 0.295. The number of carbonyl (C=O) groups is 1. The van der Waals surface area contributed by atoms with E-state index in [-0.39, 0.29) is 6.03 Å². The lowest BCUT2D eigenvalue weighted by molar-refractivity contribution is 0.262. The number of hydrogen-bond donors (Lipinski definition) is 2. The van der Waals surface area contributed by atoms with Crippen molar-refractivity contribution < 1.29 is 4.79 Å². The first kappa shape index (κ1) is 14.4. The molecule has 21 heavy (non-hydrogen) atoms. The molecule has 1 aliphatic rings. The molecule has 6 heteroatoms. The lowest BCUT2D eigenvalue weighted by Gasteiger charge is -2.15. The standard InChI is InChI=1S/C15H16ClN3OS/c1-9-5-6-12-13(7-9)21-15(18-12)19-14(20)17-11-4-2-3-10(16)8-11/h2-4,8-9H,5-7H2,1H3,(H2,17,18,19,20). The molecule has 0 aliphatic heterocycles. The Kier molecular flexibility index (Phi) is 4.12. The van der Waals surface area contributed by atoms with Crippen molar-refractivity contribution in [3.8, 4) is 0 Å². The van der Waals surface area contributed by atoms with Crippen LogP contribution in [0.25, 0.3) is 0 Å². The maximum Gasteiger partial charge on any atom is 0.325 e. The number of hydrogen-bond acceptors (Lipinski definition) is 3. The van der Waals surface area contributed by atoms with Gasteiger partial charge in [-0.2, -0.15) is 0 Å². The van der Waals surface area contributed by atoms with Crippen molar-refractivity contribution in [1.82, 2.24) is 4.98 Å². The van der Waals surface area contributed by atoms with Crippen LogP contribution in [0.1, 0.15) is 23.9 Å². The van der Waals surface area contributed by atoms with Gasteiger partial charge in [0.25, 0.3) is 0 Å². The van der Waals surface area contributed by atoms with Gasteiger partial charge in [-0.1, -0.05) is 24.6 Å². The zero-order chi connectivity index (χ0) is 14.8. The van der Waals surface area contributed by atoms with Crippen molar-refractivity contribution in [3.63, 3.8) is 0 Å². The fourth-order valence-corrected chi connectivity index (χ4v) is 3.78. The Hall–Kier alpha value is -1.59. The van der Waals surface area contributed by atoms with E-state index in [1.807, 2.05) is 0 Å². The summed E-state index contributed by atoms with van der Waals surface area (Å²) in [5.74, 6) is 0.700. The van der Waals surface area contributed by atoms with E-state index in [4.69, 9.17) is 11.6 Å². The van der Waals surface area contributed by atoms with Gasteiger partial charge in [0.15, 0.2) is 5.13 Å². The molecule has 1 aromatic carbocycles. The molecule has 110 valence electrons. The Morgan fingerprint density at radius 1 is 1.43 bits per heavy atom. The summed E-state index contributed by atoms with van der Waals surface area (Å²) in [5.41, 5.74) is 1.80. The molecule has 0 fully saturated rings. The van der Waals surface area contributed by atoms with E-state index in [0.29, 0.717) is 21.8 Å². The Morgan fingerprint density at radius 3 is 3.10 bits per heavy atom. The number of aromatic nitrogens is 1. The normalized spacial score (nSPS) is 17.1. The zero-order valence-electron chi connectivity index (χ0n) is 11.6. The van der Waals surface area contributed by atoms with E-state index in [2.05, 4.69) is 22.5 Å². The number of amides is 2. The third-order valence-corrected chi connectivity index (χ3v) is 4.76. The smallest absolute Gasteiger partial charge is 0.308 e. The lowest BCUT2D eigenvalue weighted by atomic mass is 9.93. The van der Waals surface area contributed by atoms with Crippen molar-refractivity contribution >= 4 is 39.8 Å². The van der Waals surface area contributed by atoms with Crippen molar-refractivity contribution in [1.29, 1.82) is 0 Å². The van der Waals surface area contributed by atoms with Crippen LogP contribution in [0.2, 0.25) is 5.02 Å². The molecule has 1 aromatic heterocycles. The molecule has 0 saturated carbocycles. The Bertz CT molecular complexity index is 671. The number of urea groups is 1. The molecule has 0 bridgehead atoms. The number of rotatable bonds is 2. The monoisotopic (exact) mass is 321 g/mol. The van der Waals surface area contributed by atoms with E-state index >= 15 is 0 Å². The minimum Gasteiger partial charge on any atom is -0.308 e. The van der Waals surface area contributed by atoms with Crippen LogP contribution in [-0.4, -0.2) is 11.0 Å². The lowest BCUT2D eigenvalue weighted by Crippen LogP contribution is -2.19. The van der Waals surface area contributed by atoms with E-state index in [9.17, 15) is 4.79 Å². The molecule has 0 saturated heterocycles. The van der Waals surface area contributed by atoms with Crippen molar-refractivity contribution in [2.24, 2.45) is 5.92 Å². The summed E-state index contributed by atoms with van der Waals surface area (Å²) in [7, 11) is 0. The maximum atomic E-state index is 12.0. The van der Waals surface area contributed by atoms with E-state index in [0.717, 1.165) is 18.5 Å². The second-order valence-electron chi connectivity index (χ2n) is 5.33. The van der Waals surface area contributed by atoms with Gasteiger partial charge in [-0.3, -0.25) is 5.32 Å². The van der Waals surface area contributed by atoms with Gasteiger partial charge in [-0.25, -0.2) is 9.78 Å². The highest BCUT2D eigenvalue weighted by Gasteiger charge is 2.20. The number of nitrogens with one attached hydrogen (secondary N) is 2. The first-order valence-electron chi connectivity index (χ1n) is 6.92. The molecule has 1 aliphatic carbocycles. The Morgan fingerprint density at radius 2 is 2.29 bits per heavy atom. The number of benzene rings is 1. The topological polar surface area (TPSA) is 54.0 Å². The second-order valence-corrected chi connectivity index (χ2v) is 6.85. The molecule has 2 N–H and O–H groups in total. The molecule has 2 aromatic rings. The number of nitrogens with zero attached hydrogens (tertiary/aromatic N) is 1. The Labute approximate surface area is 132 Å². The number of aryl methyl sites for hydroxylation is 1. The van der Waals surface area contributed by atoms with Gasteiger partial charge in [0.2, 0.25) is 0 Å². The summed E-state index contributed by atoms with van der Waals surface area (Å²) in [6.45, 7) is 2.25. The third-order valence-electron chi connectivity index (χ3n) is 3.49. The minimum atomic E-state index is -0.295. The number of carbonyl (C=O) groups excluding carboxylic acids is 1. The van der Waals surface area contributed by atoms with Crippen LogP contribution in [-0.2, 0) is 12.8 Å². The summed E-state index contributed by atoms with van der Waals surface area (Å²) in [6, 6.07) is 6.76. The molecule has 1 unspecified atom stereocenters. The van der Waals surface area contributed by atoms with Crippen molar-refractivity contribution in [2.45, 2.75) is 26.2 Å².